The molecule has 0 aromatic carbocycles. The van der Waals surface area contributed by atoms with Gasteiger partial charge >= 0.3 is 5.97 Å². The Morgan fingerprint density at radius 1 is 1.62 bits per heavy atom. The van der Waals surface area contributed by atoms with Gasteiger partial charge in [-0.05, 0) is 32.8 Å². The second-order valence-electron chi connectivity index (χ2n) is 4.23. The Hall–Kier alpha value is -1.38. The first-order valence-corrected chi connectivity index (χ1v) is 5.54. The topological polar surface area (TPSA) is 43.4 Å². The summed E-state index contributed by atoms with van der Waals surface area (Å²) in [5.74, 6) is 0.284. The van der Waals surface area contributed by atoms with Gasteiger partial charge in [0.1, 0.15) is 11.5 Å². The van der Waals surface area contributed by atoms with Crippen LogP contribution in [0.15, 0.2) is 24.0 Å². The fourth-order valence-corrected chi connectivity index (χ4v) is 1.85. The van der Waals surface area contributed by atoms with Crippen LogP contribution in [0.2, 0.25) is 0 Å². The van der Waals surface area contributed by atoms with Crippen LogP contribution in [0, 0.1) is 5.41 Å². The predicted octanol–water partition coefficient (Wildman–Crippen LogP) is 2.77. The molecule has 0 saturated heterocycles. The molecule has 0 bridgehead atoms. The van der Waals surface area contributed by atoms with Crippen molar-refractivity contribution in [3.05, 3.63) is 24.0 Å². The van der Waals surface area contributed by atoms with E-state index in [1.165, 1.54) is 6.92 Å². The molecular formula is C13H18O3. The molecule has 0 heterocycles. The van der Waals surface area contributed by atoms with Crippen LogP contribution in [0.5, 0.6) is 0 Å². The zero-order valence-corrected chi connectivity index (χ0v) is 10.1. The van der Waals surface area contributed by atoms with Crippen molar-refractivity contribution in [2.75, 3.05) is 0 Å². The molecule has 0 amide bonds. The van der Waals surface area contributed by atoms with E-state index in [-0.39, 0.29) is 11.8 Å². The van der Waals surface area contributed by atoms with Crippen molar-refractivity contribution in [3.63, 3.8) is 0 Å². The van der Waals surface area contributed by atoms with Crippen LogP contribution in [-0.4, -0.2) is 11.8 Å². The molecule has 1 rings (SSSR count). The average Bonchev–Trinajstić information content (AvgIpc) is 2.22. The van der Waals surface area contributed by atoms with E-state index in [0.717, 1.165) is 0 Å². The lowest BCUT2D eigenvalue weighted by Crippen LogP contribution is -2.34. The summed E-state index contributed by atoms with van der Waals surface area (Å²) in [5.41, 5.74) is -0.670. The lowest BCUT2D eigenvalue weighted by atomic mass is 9.75. The molecule has 1 unspecified atom stereocenters. The highest BCUT2D eigenvalue weighted by molar-refractivity contribution is 5.89. The molecule has 0 fully saturated rings. The largest absolute Gasteiger partial charge is 0.431 e. The molecule has 1 aliphatic rings. The third kappa shape index (κ3) is 2.60. The van der Waals surface area contributed by atoms with Crippen LogP contribution in [0.25, 0.3) is 0 Å². The Kier molecular flexibility index (Phi) is 4.05. The quantitative estimate of drug-likeness (QED) is 0.544. The number of ketones is 1. The Labute approximate surface area is 96.2 Å². The molecule has 0 spiro atoms. The summed E-state index contributed by atoms with van der Waals surface area (Å²) < 4.78 is 5.14. The number of allylic oxidation sites excluding steroid dienone is 4. The van der Waals surface area contributed by atoms with Gasteiger partial charge in [0, 0.05) is 13.3 Å². The fourth-order valence-electron chi connectivity index (χ4n) is 1.85. The summed E-state index contributed by atoms with van der Waals surface area (Å²) in [6.07, 6.45) is 7.46. The predicted molar refractivity (Wildman–Crippen MR) is 61.6 cm³/mol. The lowest BCUT2D eigenvalue weighted by molar-refractivity contribution is -0.141. The molecule has 1 aliphatic carbocycles. The van der Waals surface area contributed by atoms with Crippen molar-refractivity contribution in [2.24, 2.45) is 5.41 Å². The van der Waals surface area contributed by atoms with Crippen LogP contribution < -0.4 is 0 Å². The number of hydrogen-bond donors (Lipinski definition) is 0. The zero-order chi connectivity index (χ0) is 12.2. The summed E-state index contributed by atoms with van der Waals surface area (Å²) in [6, 6.07) is 0. The first-order chi connectivity index (χ1) is 7.50. The molecule has 0 aromatic rings. The van der Waals surface area contributed by atoms with Gasteiger partial charge in [-0.15, -0.1) is 0 Å². The van der Waals surface area contributed by atoms with E-state index in [9.17, 15) is 9.59 Å². The van der Waals surface area contributed by atoms with Crippen LogP contribution in [0.1, 0.15) is 40.0 Å². The third-order valence-electron chi connectivity index (χ3n) is 2.88. The second-order valence-corrected chi connectivity index (χ2v) is 4.23. The third-order valence-corrected chi connectivity index (χ3v) is 2.88. The lowest BCUT2D eigenvalue weighted by Gasteiger charge is -2.31. The summed E-state index contributed by atoms with van der Waals surface area (Å²) in [4.78, 5) is 22.9. The van der Waals surface area contributed by atoms with Crippen molar-refractivity contribution >= 4 is 11.8 Å². The first kappa shape index (κ1) is 12.7. The molecule has 0 saturated carbocycles. The summed E-state index contributed by atoms with van der Waals surface area (Å²) in [7, 11) is 0. The van der Waals surface area contributed by atoms with Crippen molar-refractivity contribution in [1.29, 1.82) is 0 Å². The molecular weight excluding hydrogens is 204 g/mol. The van der Waals surface area contributed by atoms with Gasteiger partial charge in [0.15, 0.2) is 0 Å². The second kappa shape index (κ2) is 5.10. The maximum Gasteiger partial charge on any atom is 0.307 e. The van der Waals surface area contributed by atoms with Crippen LogP contribution in [0.4, 0.5) is 0 Å². The highest BCUT2D eigenvalue weighted by Gasteiger charge is 2.39. The number of esters is 1. The Balaban J connectivity index is 2.97. The van der Waals surface area contributed by atoms with Gasteiger partial charge in [-0.3, -0.25) is 9.59 Å². The van der Waals surface area contributed by atoms with Gasteiger partial charge in [0.05, 0.1) is 5.41 Å². The van der Waals surface area contributed by atoms with Gasteiger partial charge in [-0.2, -0.15) is 0 Å². The zero-order valence-electron chi connectivity index (χ0n) is 10.1. The summed E-state index contributed by atoms with van der Waals surface area (Å²) >= 11 is 0. The summed E-state index contributed by atoms with van der Waals surface area (Å²) in [5, 5.41) is 0. The van der Waals surface area contributed by atoms with Gasteiger partial charge in [0.2, 0.25) is 0 Å². The SMILES string of the molecule is C/C=C/CC1(C)C(=O)CCC=C1OC(C)=O. The van der Waals surface area contributed by atoms with Crippen LogP contribution in [-0.2, 0) is 14.3 Å². The van der Waals surface area contributed by atoms with Crippen molar-refractivity contribution in [2.45, 2.75) is 40.0 Å². The number of carbonyl (C=O) groups is 2. The number of ether oxygens (including phenoxy) is 1. The maximum absolute atomic E-state index is 11.9. The van der Waals surface area contributed by atoms with Gasteiger partial charge in [-0.25, -0.2) is 0 Å². The molecule has 88 valence electrons. The number of Topliss-reactive ketones (excluding diaryl/α,β-unsaturated/α-hetero) is 1. The standard InChI is InChI=1S/C13H18O3/c1-4-5-9-13(3)11(15)7-6-8-12(13)16-10(2)14/h4-5,8H,6-7,9H2,1-3H3/b5-4+. The van der Waals surface area contributed by atoms with Crippen LogP contribution in [0.3, 0.4) is 0 Å². The molecule has 3 nitrogen and oxygen atoms in total. The smallest absolute Gasteiger partial charge is 0.307 e. The molecule has 0 N–H and O–H groups in total. The number of rotatable bonds is 3. The van der Waals surface area contributed by atoms with Crippen molar-refractivity contribution < 1.29 is 14.3 Å². The first-order valence-electron chi connectivity index (χ1n) is 5.54. The van der Waals surface area contributed by atoms with E-state index >= 15 is 0 Å². The Morgan fingerprint density at radius 3 is 2.88 bits per heavy atom. The number of hydrogen-bond acceptors (Lipinski definition) is 3. The monoisotopic (exact) mass is 222 g/mol. The van der Waals surface area contributed by atoms with E-state index in [2.05, 4.69) is 0 Å². The molecule has 16 heavy (non-hydrogen) atoms. The van der Waals surface area contributed by atoms with Gasteiger partial charge in [0.25, 0.3) is 0 Å². The minimum atomic E-state index is -0.670. The molecule has 0 aliphatic heterocycles. The minimum Gasteiger partial charge on any atom is -0.431 e. The van der Waals surface area contributed by atoms with E-state index in [0.29, 0.717) is 25.0 Å². The van der Waals surface area contributed by atoms with E-state index < -0.39 is 5.41 Å². The Bertz CT molecular complexity index is 352. The molecule has 0 aromatic heterocycles. The van der Waals surface area contributed by atoms with Crippen molar-refractivity contribution in [3.8, 4) is 0 Å². The average molecular weight is 222 g/mol. The highest BCUT2D eigenvalue weighted by atomic mass is 16.5. The van der Waals surface area contributed by atoms with Gasteiger partial charge < -0.3 is 4.74 Å². The van der Waals surface area contributed by atoms with E-state index in [1.54, 1.807) is 0 Å². The highest BCUT2D eigenvalue weighted by Crippen LogP contribution is 2.38. The van der Waals surface area contributed by atoms with E-state index in [4.69, 9.17) is 4.74 Å². The van der Waals surface area contributed by atoms with E-state index in [1.807, 2.05) is 32.1 Å². The number of carbonyl (C=O) groups excluding carboxylic acids is 2. The Morgan fingerprint density at radius 2 is 2.31 bits per heavy atom. The molecule has 0 radical (unpaired) electrons. The summed E-state index contributed by atoms with van der Waals surface area (Å²) in [6.45, 7) is 5.10. The van der Waals surface area contributed by atoms with Gasteiger partial charge in [-0.1, -0.05) is 12.2 Å². The maximum atomic E-state index is 11.9. The molecule has 3 heteroatoms. The van der Waals surface area contributed by atoms with Crippen molar-refractivity contribution in [1.82, 2.24) is 0 Å². The fraction of sp³-hybridized carbons (Fsp3) is 0.538. The molecule has 1 atom stereocenters. The normalized spacial score (nSPS) is 25.7. The minimum absolute atomic E-state index is 0.143. The van der Waals surface area contributed by atoms with Crippen LogP contribution >= 0.6 is 0 Å².